The van der Waals surface area contributed by atoms with Crippen LogP contribution in [0.4, 0.5) is 5.69 Å². The molecule has 0 aliphatic heterocycles. The maximum Gasteiger partial charge on any atom is 0.231 e. The molecule has 1 aromatic carbocycles. The highest BCUT2D eigenvalue weighted by molar-refractivity contribution is 5.98. The van der Waals surface area contributed by atoms with E-state index in [1.807, 2.05) is 13.8 Å². The average molecular weight is 313 g/mol. The van der Waals surface area contributed by atoms with Gasteiger partial charge < -0.3 is 10.6 Å². The van der Waals surface area contributed by atoms with Crippen LogP contribution in [0.5, 0.6) is 0 Å². The fraction of sp³-hybridized carbons (Fsp3) is 0.500. The summed E-state index contributed by atoms with van der Waals surface area (Å²) in [6.45, 7) is 3.82. The van der Waals surface area contributed by atoms with Gasteiger partial charge in [0.05, 0.1) is 17.0 Å². The molecule has 2 N–H and O–H groups in total. The van der Waals surface area contributed by atoms with Crippen LogP contribution < -0.4 is 10.6 Å². The number of anilines is 1. The van der Waals surface area contributed by atoms with Gasteiger partial charge in [-0.25, -0.2) is 0 Å². The zero-order valence-electron chi connectivity index (χ0n) is 13.7. The fourth-order valence-electron chi connectivity index (χ4n) is 3.15. The van der Waals surface area contributed by atoms with Crippen LogP contribution in [-0.2, 0) is 9.59 Å². The van der Waals surface area contributed by atoms with E-state index in [1.54, 1.807) is 24.3 Å². The Morgan fingerprint density at radius 2 is 2.00 bits per heavy atom. The lowest BCUT2D eigenvalue weighted by molar-refractivity contribution is -0.132. The summed E-state index contributed by atoms with van der Waals surface area (Å²) < 4.78 is 0. The molecule has 2 rings (SSSR count). The Bertz CT molecular complexity index is 625. The number of carbonyl (C=O) groups is 2. The maximum atomic E-state index is 12.8. The molecule has 0 bridgehead atoms. The van der Waals surface area contributed by atoms with Gasteiger partial charge in [-0.2, -0.15) is 5.26 Å². The molecule has 1 aliphatic rings. The number of nitrogens with one attached hydrogen (secondary N) is 2. The highest BCUT2D eigenvalue weighted by Crippen LogP contribution is 2.42. The number of benzene rings is 1. The van der Waals surface area contributed by atoms with Crippen LogP contribution in [0.1, 0.15) is 51.5 Å². The van der Waals surface area contributed by atoms with Crippen molar-refractivity contribution in [3.05, 3.63) is 29.8 Å². The van der Waals surface area contributed by atoms with E-state index in [-0.39, 0.29) is 24.3 Å². The van der Waals surface area contributed by atoms with Crippen LogP contribution in [0.3, 0.4) is 0 Å². The molecular formula is C18H23N3O2. The highest BCUT2D eigenvalue weighted by atomic mass is 16.2. The monoisotopic (exact) mass is 313 g/mol. The van der Waals surface area contributed by atoms with E-state index in [4.69, 9.17) is 5.26 Å². The molecule has 1 fully saturated rings. The molecule has 0 heterocycles. The second-order valence-electron chi connectivity index (χ2n) is 6.53. The van der Waals surface area contributed by atoms with Crippen molar-refractivity contribution in [2.75, 3.05) is 5.32 Å². The third-order valence-corrected chi connectivity index (χ3v) is 4.24. The van der Waals surface area contributed by atoms with Crippen molar-refractivity contribution in [2.45, 2.75) is 52.0 Å². The second kappa shape index (κ2) is 7.28. The molecule has 0 radical (unpaired) electrons. The Hall–Kier alpha value is -2.35. The molecule has 1 aromatic rings. The van der Waals surface area contributed by atoms with Crippen LogP contribution >= 0.6 is 0 Å². The topological polar surface area (TPSA) is 82.0 Å². The van der Waals surface area contributed by atoms with Crippen molar-refractivity contribution >= 4 is 17.5 Å². The summed E-state index contributed by atoms with van der Waals surface area (Å²) in [6, 6.07) is 8.96. The zero-order chi connectivity index (χ0) is 16.9. The third-order valence-electron chi connectivity index (χ3n) is 4.24. The van der Waals surface area contributed by atoms with Gasteiger partial charge in [0, 0.05) is 18.2 Å². The first-order chi connectivity index (χ1) is 10.9. The number of nitriles is 1. The number of hydrogen-bond acceptors (Lipinski definition) is 3. The van der Waals surface area contributed by atoms with Crippen molar-refractivity contribution in [1.82, 2.24) is 5.32 Å². The van der Waals surface area contributed by atoms with Gasteiger partial charge in [0.2, 0.25) is 11.8 Å². The number of rotatable bonds is 5. The van der Waals surface area contributed by atoms with E-state index in [0.29, 0.717) is 11.3 Å². The molecule has 1 saturated carbocycles. The molecular weight excluding hydrogens is 290 g/mol. The van der Waals surface area contributed by atoms with Crippen LogP contribution in [0.25, 0.3) is 0 Å². The van der Waals surface area contributed by atoms with Crippen LogP contribution in [0.2, 0.25) is 0 Å². The lowest BCUT2D eigenvalue weighted by Crippen LogP contribution is -2.40. The SMILES string of the molecule is CC(C)NC(=O)CC1(C(=O)Nc2cccc(C#N)c2)CCCC1. The minimum absolute atomic E-state index is 0.0660. The number of amides is 2. The van der Waals surface area contributed by atoms with Gasteiger partial charge in [-0.3, -0.25) is 9.59 Å². The first-order valence-electron chi connectivity index (χ1n) is 8.06. The van der Waals surface area contributed by atoms with Crippen LogP contribution in [-0.4, -0.2) is 17.9 Å². The molecule has 0 unspecified atom stereocenters. The van der Waals surface area contributed by atoms with Crippen molar-refractivity contribution in [3.8, 4) is 6.07 Å². The first-order valence-corrected chi connectivity index (χ1v) is 8.06. The summed E-state index contributed by atoms with van der Waals surface area (Å²) in [6.07, 6.45) is 3.58. The van der Waals surface area contributed by atoms with E-state index in [0.717, 1.165) is 25.7 Å². The highest BCUT2D eigenvalue weighted by Gasteiger charge is 2.42. The van der Waals surface area contributed by atoms with Crippen molar-refractivity contribution in [1.29, 1.82) is 5.26 Å². The number of nitrogens with zero attached hydrogens (tertiary/aromatic N) is 1. The van der Waals surface area contributed by atoms with E-state index in [9.17, 15) is 9.59 Å². The quantitative estimate of drug-likeness (QED) is 0.876. The molecule has 0 spiro atoms. The van der Waals surface area contributed by atoms with Gasteiger partial charge in [-0.1, -0.05) is 18.9 Å². The average Bonchev–Trinajstić information content (AvgIpc) is 2.96. The largest absolute Gasteiger partial charge is 0.354 e. The predicted molar refractivity (Wildman–Crippen MR) is 88.6 cm³/mol. The lowest BCUT2D eigenvalue weighted by Gasteiger charge is -2.27. The Kier molecular flexibility index (Phi) is 5.38. The molecule has 0 aromatic heterocycles. The molecule has 0 atom stereocenters. The van der Waals surface area contributed by atoms with Gasteiger partial charge in [0.25, 0.3) is 0 Å². The van der Waals surface area contributed by atoms with Crippen molar-refractivity contribution in [2.24, 2.45) is 5.41 Å². The van der Waals surface area contributed by atoms with E-state index in [2.05, 4.69) is 16.7 Å². The van der Waals surface area contributed by atoms with Crippen LogP contribution in [0.15, 0.2) is 24.3 Å². The van der Waals surface area contributed by atoms with Gasteiger partial charge in [0.15, 0.2) is 0 Å². The zero-order valence-corrected chi connectivity index (χ0v) is 13.7. The Balaban J connectivity index is 2.12. The summed E-state index contributed by atoms with van der Waals surface area (Å²) in [7, 11) is 0. The predicted octanol–water partition coefficient (Wildman–Crippen LogP) is 2.97. The smallest absolute Gasteiger partial charge is 0.231 e. The van der Waals surface area contributed by atoms with E-state index < -0.39 is 5.41 Å². The Labute approximate surface area is 137 Å². The molecule has 1 aliphatic carbocycles. The molecule has 23 heavy (non-hydrogen) atoms. The second-order valence-corrected chi connectivity index (χ2v) is 6.53. The normalized spacial score (nSPS) is 15.9. The summed E-state index contributed by atoms with van der Waals surface area (Å²) >= 11 is 0. The lowest BCUT2D eigenvalue weighted by atomic mass is 9.81. The van der Waals surface area contributed by atoms with E-state index >= 15 is 0 Å². The van der Waals surface area contributed by atoms with Gasteiger partial charge in [-0.15, -0.1) is 0 Å². The summed E-state index contributed by atoms with van der Waals surface area (Å²) in [5.41, 5.74) is 0.465. The Morgan fingerprint density at radius 1 is 1.30 bits per heavy atom. The van der Waals surface area contributed by atoms with Gasteiger partial charge in [0.1, 0.15) is 0 Å². The third kappa shape index (κ3) is 4.32. The van der Waals surface area contributed by atoms with Crippen molar-refractivity contribution in [3.63, 3.8) is 0 Å². The van der Waals surface area contributed by atoms with E-state index in [1.165, 1.54) is 0 Å². The van der Waals surface area contributed by atoms with Gasteiger partial charge >= 0.3 is 0 Å². The maximum absolute atomic E-state index is 12.8. The molecule has 2 amide bonds. The minimum atomic E-state index is -0.637. The Morgan fingerprint density at radius 3 is 2.61 bits per heavy atom. The fourth-order valence-corrected chi connectivity index (χ4v) is 3.15. The standard InChI is InChI=1S/C18H23N3O2/c1-13(2)20-16(22)11-18(8-3-4-9-18)17(23)21-15-7-5-6-14(10-15)12-19/h5-7,10,13H,3-4,8-9,11H2,1-2H3,(H,20,22)(H,21,23). The summed E-state index contributed by atoms with van der Waals surface area (Å²) in [5.74, 6) is -0.202. The molecule has 5 heteroatoms. The van der Waals surface area contributed by atoms with Gasteiger partial charge in [-0.05, 0) is 44.9 Å². The summed E-state index contributed by atoms with van der Waals surface area (Å²) in [5, 5.41) is 14.7. The van der Waals surface area contributed by atoms with Crippen LogP contribution in [0, 0.1) is 16.7 Å². The molecule has 0 saturated heterocycles. The molecule has 5 nitrogen and oxygen atoms in total. The first kappa shape index (κ1) is 17.0. The number of hydrogen-bond donors (Lipinski definition) is 2. The summed E-state index contributed by atoms with van der Waals surface area (Å²) in [4.78, 5) is 24.9. The minimum Gasteiger partial charge on any atom is -0.354 e. The van der Waals surface area contributed by atoms with Crippen molar-refractivity contribution < 1.29 is 9.59 Å². The molecule has 122 valence electrons. The number of carbonyl (C=O) groups excluding carboxylic acids is 2.